The van der Waals surface area contributed by atoms with E-state index in [1.165, 1.54) is 4.90 Å². The van der Waals surface area contributed by atoms with E-state index >= 15 is 0 Å². The number of likely N-dealkylation sites (tertiary alicyclic amines) is 1. The number of carbonyl (C=O) groups excluding carboxylic acids is 3. The second-order valence-corrected chi connectivity index (χ2v) is 12.3. The van der Waals surface area contributed by atoms with Crippen molar-refractivity contribution in [2.24, 2.45) is 5.41 Å². The van der Waals surface area contributed by atoms with Crippen molar-refractivity contribution in [3.8, 4) is 10.4 Å². The van der Waals surface area contributed by atoms with Gasteiger partial charge in [-0.15, -0.1) is 11.3 Å². The molecule has 2 N–H and O–H groups in total. The second kappa shape index (κ2) is 10.5. The summed E-state index contributed by atoms with van der Waals surface area (Å²) in [5.41, 5.74) is 5.72. The summed E-state index contributed by atoms with van der Waals surface area (Å²) < 4.78 is 0. The van der Waals surface area contributed by atoms with Crippen LogP contribution >= 0.6 is 11.3 Å². The summed E-state index contributed by atoms with van der Waals surface area (Å²) >= 11 is 1.59. The molecular weight excluding hydrogens is 512 g/mol. The van der Waals surface area contributed by atoms with Crippen LogP contribution in [0.5, 0.6) is 0 Å². The maximum atomic E-state index is 14.0. The summed E-state index contributed by atoms with van der Waals surface area (Å²) in [6, 6.07) is 13.7. The molecule has 0 bridgehead atoms. The van der Waals surface area contributed by atoms with E-state index in [0.29, 0.717) is 18.7 Å². The summed E-state index contributed by atoms with van der Waals surface area (Å²) in [5, 5.41) is 13.4. The van der Waals surface area contributed by atoms with E-state index in [2.05, 4.69) is 10.3 Å². The van der Waals surface area contributed by atoms with E-state index in [-0.39, 0.29) is 30.7 Å². The first kappa shape index (κ1) is 27.0. The van der Waals surface area contributed by atoms with Gasteiger partial charge in [0.25, 0.3) is 5.91 Å². The zero-order valence-electron chi connectivity index (χ0n) is 22.7. The largest absolute Gasteiger partial charge is 0.391 e. The van der Waals surface area contributed by atoms with Gasteiger partial charge in [0.2, 0.25) is 11.8 Å². The second-order valence-electron chi connectivity index (χ2n) is 11.4. The van der Waals surface area contributed by atoms with Crippen LogP contribution in [-0.2, 0) is 22.7 Å². The molecule has 3 amide bonds. The van der Waals surface area contributed by atoms with Crippen molar-refractivity contribution >= 4 is 29.1 Å². The summed E-state index contributed by atoms with van der Waals surface area (Å²) in [6.45, 7) is 8.44. The number of nitrogens with zero attached hydrogens (tertiary/aromatic N) is 3. The number of aliphatic hydroxyl groups is 1. The van der Waals surface area contributed by atoms with Crippen LogP contribution in [0, 0.1) is 12.3 Å². The molecule has 1 saturated heterocycles. The van der Waals surface area contributed by atoms with Crippen molar-refractivity contribution in [3.63, 3.8) is 0 Å². The van der Waals surface area contributed by atoms with E-state index in [1.54, 1.807) is 22.3 Å². The lowest BCUT2D eigenvalue weighted by atomic mass is 9.84. The molecule has 39 heavy (non-hydrogen) atoms. The summed E-state index contributed by atoms with van der Waals surface area (Å²) in [5.74, 6) is -0.813. The Morgan fingerprint density at radius 3 is 2.51 bits per heavy atom. The van der Waals surface area contributed by atoms with Gasteiger partial charge in [-0.1, -0.05) is 63.2 Å². The van der Waals surface area contributed by atoms with Crippen LogP contribution in [0.3, 0.4) is 0 Å². The van der Waals surface area contributed by atoms with E-state index in [9.17, 15) is 19.5 Å². The lowest BCUT2D eigenvalue weighted by Crippen LogP contribution is -2.57. The molecule has 3 atom stereocenters. The number of fused-ring (bicyclic) bond motifs is 1. The van der Waals surface area contributed by atoms with Crippen molar-refractivity contribution in [1.82, 2.24) is 20.1 Å². The minimum atomic E-state index is -0.809. The summed E-state index contributed by atoms with van der Waals surface area (Å²) in [4.78, 5) is 49.1. The lowest BCUT2D eigenvalue weighted by molar-refractivity contribution is -0.145. The molecule has 3 aromatic rings. The van der Waals surface area contributed by atoms with Crippen LogP contribution in [0.15, 0.2) is 54.0 Å². The number of hydrogen-bond acceptors (Lipinski definition) is 6. The zero-order chi connectivity index (χ0) is 27.9. The maximum Gasteiger partial charge on any atom is 0.255 e. The minimum absolute atomic E-state index is 0.0569. The van der Waals surface area contributed by atoms with E-state index in [0.717, 1.165) is 27.3 Å². The average molecular weight is 547 g/mol. The molecule has 8 nitrogen and oxygen atoms in total. The van der Waals surface area contributed by atoms with Crippen molar-refractivity contribution in [2.45, 2.75) is 65.4 Å². The van der Waals surface area contributed by atoms with Gasteiger partial charge in [0.05, 0.1) is 22.2 Å². The fourth-order valence-electron chi connectivity index (χ4n) is 5.58. The van der Waals surface area contributed by atoms with E-state index in [1.807, 2.05) is 75.7 Å². The molecule has 0 saturated carbocycles. The monoisotopic (exact) mass is 546 g/mol. The molecule has 1 aromatic heterocycles. The number of rotatable bonds is 6. The van der Waals surface area contributed by atoms with Gasteiger partial charge in [0, 0.05) is 31.6 Å². The Bertz CT molecular complexity index is 1390. The summed E-state index contributed by atoms with van der Waals surface area (Å²) in [7, 11) is 0. The molecule has 0 aliphatic carbocycles. The average Bonchev–Trinajstić information content (AvgIpc) is 3.59. The Morgan fingerprint density at radius 2 is 1.87 bits per heavy atom. The third kappa shape index (κ3) is 5.33. The van der Waals surface area contributed by atoms with E-state index in [4.69, 9.17) is 0 Å². The SMILES string of the molecule is Cc1ncsc1-c1ccc(CNC(=O)C2CC(O)CN2C(=O)C(N2Cc3ccccc3C2=O)C(C)(C)C)cc1. The third-order valence-corrected chi connectivity index (χ3v) is 8.49. The lowest BCUT2D eigenvalue weighted by Gasteiger charge is -2.40. The highest BCUT2D eigenvalue weighted by Crippen LogP contribution is 2.35. The van der Waals surface area contributed by atoms with Gasteiger partial charge in [-0.25, -0.2) is 4.98 Å². The fraction of sp³-hybridized carbons (Fsp3) is 0.400. The first-order chi connectivity index (χ1) is 18.5. The number of thiazole rings is 1. The van der Waals surface area contributed by atoms with Crippen LogP contribution in [0.4, 0.5) is 0 Å². The predicted molar refractivity (Wildman–Crippen MR) is 150 cm³/mol. The van der Waals surface area contributed by atoms with Crippen LogP contribution in [0.25, 0.3) is 10.4 Å². The Morgan fingerprint density at radius 1 is 1.15 bits per heavy atom. The third-order valence-electron chi connectivity index (χ3n) is 7.51. The molecule has 2 aliphatic rings. The fourth-order valence-corrected chi connectivity index (χ4v) is 6.39. The number of nitrogens with one attached hydrogen (secondary N) is 1. The maximum absolute atomic E-state index is 14.0. The Hall–Kier alpha value is -3.56. The molecule has 2 aromatic carbocycles. The predicted octanol–water partition coefficient (Wildman–Crippen LogP) is 3.77. The highest BCUT2D eigenvalue weighted by Gasteiger charge is 2.48. The molecule has 3 heterocycles. The molecule has 9 heteroatoms. The number of hydrogen-bond donors (Lipinski definition) is 2. The van der Waals surface area contributed by atoms with Crippen LogP contribution in [0.2, 0.25) is 0 Å². The quantitative estimate of drug-likeness (QED) is 0.490. The first-order valence-corrected chi connectivity index (χ1v) is 14.1. The van der Waals surface area contributed by atoms with Gasteiger partial charge in [-0.05, 0) is 35.1 Å². The normalized spacial score (nSPS) is 19.8. The Kier molecular flexibility index (Phi) is 7.31. The van der Waals surface area contributed by atoms with Gasteiger partial charge < -0.3 is 20.2 Å². The molecule has 5 rings (SSSR count). The number of amides is 3. The van der Waals surface area contributed by atoms with E-state index < -0.39 is 23.6 Å². The van der Waals surface area contributed by atoms with Gasteiger partial charge in [-0.2, -0.15) is 0 Å². The number of aryl methyl sites for hydroxylation is 1. The van der Waals surface area contributed by atoms with Gasteiger partial charge >= 0.3 is 0 Å². The first-order valence-electron chi connectivity index (χ1n) is 13.2. The highest BCUT2D eigenvalue weighted by atomic mass is 32.1. The molecule has 0 radical (unpaired) electrons. The topological polar surface area (TPSA) is 103 Å². The van der Waals surface area contributed by atoms with Crippen molar-refractivity contribution in [2.75, 3.05) is 6.54 Å². The highest BCUT2D eigenvalue weighted by molar-refractivity contribution is 7.13. The number of carbonyl (C=O) groups is 3. The zero-order valence-corrected chi connectivity index (χ0v) is 23.5. The molecule has 0 spiro atoms. The van der Waals surface area contributed by atoms with Crippen molar-refractivity contribution in [3.05, 3.63) is 76.4 Å². The smallest absolute Gasteiger partial charge is 0.255 e. The molecule has 1 fully saturated rings. The van der Waals surface area contributed by atoms with Crippen LogP contribution in [-0.4, -0.2) is 62.3 Å². The minimum Gasteiger partial charge on any atom is -0.391 e. The Labute approximate surface area is 232 Å². The van der Waals surface area contributed by atoms with Crippen molar-refractivity contribution < 1.29 is 19.5 Å². The van der Waals surface area contributed by atoms with Crippen LogP contribution in [0.1, 0.15) is 54.4 Å². The van der Waals surface area contributed by atoms with Gasteiger partial charge in [-0.3, -0.25) is 14.4 Å². The number of aromatic nitrogens is 1. The molecule has 204 valence electrons. The molecular formula is C30H34N4O4S. The Balaban J connectivity index is 1.30. The van der Waals surface area contributed by atoms with Crippen molar-refractivity contribution in [1.29, 1.82) is 0 Å². The van der Waals surface area contributed by atoms with Crippen LogP contribution < -0.4 is 5.32 Å². The summed E-state index contributed by atoms with van der Waals surface area (Å²) in [6.07, 6.45) is -0.648. The number of benzene rings is 2. The van der Waals surface area contributed by atoms with Gasteiger partial charge in [0.1, 0.15) is 12.1 Å². The number of β-amino-alcohol motifs (C(OH)–C–C–N with tert-alkyl or cyclic N) is 1. The number of aliphatic hydroxyl groups excluding tert-OH is 1. The molecule has 3 unspecified atom stereocenters. The van der Waals surface area contributed by atoms with Gasteiger partial charge in [0.15, 0.2) is 0 Å². The standard InChI is InChI=1S/C30H34N4O4S/c1-18-25(39-17-32-18)20-11-9-19(10-12-20)14-31-27(36)24-13-22(35)16-33(24)29(38)26(30(2,3)4)34-15-21-7-5-6-8-23(21)28(34)37/h5-12,17,22,24,26,35H,13-16H2,1-4H3,(H,31,36). The molecule has 2 aliphatic heterocycles.